The second-order valence-electron chi connectivity index (χ2n) is 7.54. The van der Waals surface area contributed by atoms with Crippen molar-refractivity contribution in [3.8, 4) is 11.4 Å². The first kappa shape index (κ1) is 19.7. The van der Waals surface area contributed by atoms with Crippen molar-refractivity contribution in [3.63, 3.8) is 0 Å². The molecule has 0 aliphatic carbocycles. The standard InChI is InChI=1S/C25H25N3O2/c1-16-11-17(2)13-21(12-16)28-18(3)27-22-14-19(9-10-23(22)28)25(29)26-15-20-7-5-6-8-24(20)30-4/h5-14H,15H2,1-4H3,(H,26,29). The maximum absolute atomic E-state index is 12.7. The van der Waals surface area contributed by atoms with Crippen molar-refractivity contribution in [3.05, 3.63) is 88.7 Å². The van der Waals surface area contributed by atoms with E-state index < -0.39 is 0 Å². The van der Waals surface area contributed by atoms with Gasteiger partial charge < -0.3 is 10.1 Å². The van der Waals surface area contributed by atoms with E-state index in [-0.39, 0.29) is 5.91 Å². The molecule has 0 radical (unpaired) electrons. The first-order chi connectivity index (χ1) is 14.5. The van der Waals surface area contributed by atoms with Gasteiger partial charge in [-0.05, 0) is 68.3 Å². The smallest absolute Gasteiger partial charge is 0.251 e. The summed E-state index contributed by atoms with van der Waals surface area (Å²) in [6, 6.07) is 19.8. The van der Waals surface area contributed by atoms with Crippen molar-refractivity contribution in [2.45, 2.75) is 27.3 Å². The van der Waals surface area contributed by atoms with E-state index in [1.807, 2.05) is 49.4 Å². The fraction of sp³-hybridized carbons (Fsp3) is 0.200. The van der Waals surface area contributed by atoms with Crippen LogP contribution in [0.2, 0.25) is 0 Å². The van der Waals surface area contributed by atoms with E-state index >= 15 is 0 Å². The summed E-state index contributed by atoms with van der Waals surface area (Å²) >= 11 is 0. The number of fused-ring (bicyclic) bond motifs is 1. The average molecular weight is 399 g/mol. The van der Waals surface area contributed by atoms with Crippen LogP contribution in [-0.4, -0.2) is 22.6 Å². The van der Waals surface area contributed by atoms with Gasteiger partial charge in [0.15, 0.2) is 0 Å². The van der Waals surface area contributed by atoms with Crippen molar-refractivity contribution in [2.24, 2.45) is 0 Å². The zero-order valence-electron chi connectivity index (χ0n) is 17.7. The molecule has 0 bridgehead atoms. The quantitative estimate of drug-likeness (QED) is 0.520. The number of carbonyl (C=O) groups excluding carboxylic acids is 1. The van der Waals surface area contributed by atoms with Gasteiger partial charge in [0, 0.05) is 23.4 Å². The Morgan fingerprint density at radius 2 is 1.73 bits per heavy atom. The molecule has 0 aliphatic heterocycles. The lowest BCUT2D eigenvalue weighted by atomic mass is 10.1. The van der Waals surface area contributed by atoms with E-state index in [0.717, 1.165) is 33.9 Å². The minimum absolute atomic E-state index is 0.138. The summed E-state index contributed by atoms with van der Waals surface area (Å²) in [4.78, 5) is 17.4. The highest BCUT2D eigenvalue weighted by Gasteiger charge is 2.14. The highest BCUT2D eigenvalue weighted by Crippen LogP contribution is 2.24. The van der Waals surface area contributed by atoms with Crippen molar-refractivity contribution in [2.75, 3.05) is 7.11 Å². The van der Waals surface area contributed by atoms with Crippen LogP contribution in [0.3, 0.4) is 0 Å². The number of hydrogen-bond acceptors (Lipinski definition) is 3. The predicted molar refractivity (Wildman–Crippen MR) is 119 cm³/mol. The number of nitrogens with zero attached hydrogens (tertiary/aromatic N) is 2. The largest absolute Gasteiger partial charge is 0.496 e. The molecule has 0 aliphatic rings. The molecule has 0 spiro atoms. The molecule has 5 heteroatoms. The van der Waals surface area contributed by atoms with Gasteiger partial charge >= 0.3 is 0 Å². The molecule has 4 rings (SSSR count). The summed E-state index contributed by atoms with van der Waals surface area (Å²) in [6.07, 6.45) is 0. The van der Waals surface area contributed by atoms with Crippen LogP contribution in [-0.2, 0) is 6.54 Å². The third kappa shape index (κ3) is 3.79. The number of imidazole rings is 1. The highest BCUT2D eigenvalue weighted by atomic mass is 16.5. The minimum atomic E-state index is -0.138. The molecule has 5 nitrogen and oxygen atoms in total. The van der Waals surface area contributed by atoms with Crippen LogP contribution in [0, 0.1) is 20.8 Å². The normalized spacial score (nSPS) is 10.9. The SMILES string of the molecule is COc1ccccc1CNC(=O)c1ccc2c(c1)nc(C)n2-c1cc(C)cc(C)c1. The molecule has 1 amide bonds. The van der Waals surface area contributed by atoms with Crippen molar-refractivity contribution in [1.82, 2.24) is 14.9 Å². The van der Waals surface area contributed by atoms with E-state index in [2.05, 4.69) is 41.9 Å². The molecule has 3 aromatic carbocycles. The van der Waals surface area contributed by atoms with Gasteiger partial charge in [0.2, 0.25) is 0 Å². The van der Waals surface area contributed by atoms with Gasteiger partial charge in [-0.3, -0.25) is 9.36 Å². The van der Waals surface area contributed by atoms with Crippen LogP contribution in [0.4, 0.5) is 0 Å². The molecule has 152 valence electrons. The fourth-order valence-corrected chi connectivity index (χ4v) is 3.87. The van der Waals surface area contributed by atoms with E-state index in [9.17, 15) is 4.79 Å². The number of aromatic nitrogens is 2. The maximum Gasteiger partial charge on any atom is 0.251 e. The first-order valence-corrected chi connectivity index (χ1v) is 9.94. The molecule has 0 fully saturated rings. The van der Waals surface area contributed by atoms with E-state index in [0.29, 0.717) is 12.1 Å². The number of para-hydroxylation sites is 1. The second kappa shape index (κ2) is 8.03. The van der Waals surface area contributed by atoms with Gasteiger partial charge in [0.05, 0.1) is 18.1 Å². The van der Waals surface area contributed by atoms with Gasteiger partial charge in [-0.25, -0.2) is 4.98 Å². The van der Waals surface area contributed by atoms with Gasteiger partial charge in [0.25, 0.3) is 5.91 Å². The number of aryl methyl sites for hydroxylation is 3. The number of hydrogen-bond donors (Lipinski definition) is 1. The third-order valence-electron chi connectivity index (χ3n) is 5.18. The summed E-state index contributed by atoms with van der Waals surface area (Å²) < 4.78 is 7.48. The average Bonchev–Trinajstić information content (AvgIpc) is 3.06. The van der Waals surface area contributed by atoms with Crippen LogP contribution in [0.25, 0.3) is 16.7 Å². The van der Waals surface area contributed by atoms with Crippen LogP contribution < -0.4 is 10.1 Å². The second-order valence-corrected chi connectivity index (χ2v) is 7.54. The topological polar surface area (TPSA) is 56.1 Å². The summed E-state index contributed by atoms with van der Waals surface area (Å²) in [6.45, 7) is 6.57. The Morgan fingerprint density at radius 1 is 1.00 bits per heavy atom. The Bertz CT molecular complexity index is 1220. The summed E-state index contributed by atoms with van der Waals surface area (Å²) in [7, 11) is 1.63. The molecule has 0 unspecified atom stereocenters. The lowest BCUT2D eigenvalue weighted by Gasteiger charge is -2.11. The summed E-state index contributed by atoms with van der Waals surface area (Å²) in [5.74, 6) is 1.51. The molecule has 4 aromatic rings. The van der Waals surface area contributed by atoms with Crippen LogP contribution in [0.5, 0.6) is 5.75 Å². The van der Waals surface area contributed by atoms with E-state index in [1.54, 1.807) is 7.11 Å². The fourth-order valence-electron chi connectivity index (χ4n) is 3.87. The van der Waals surface area contributed by atoms with Gasteiger partial charge in [-0.1, -0.05) is 24.3 Å². The number of ether oxygens (including phenoxy) is 1. The number of rotatable bonds is 5. The third-order valence-corrected chi connectivity index (χ3v) is 5.18. The molecular formula is C25H25N3O2. The zero-order valence-corrected chi connectivity index (χ0v) is 17.7. The molecule has 0 saturated carbocycles. The molecule has 30 heavy (non-hydrogen) atoms. The van der Waals surface area contributed by atoms with Crippen molar-refractivity contribution < 1.29 is 9.53 Å². The zero-order chi connectivity index (χ0) is 21.3. The summed E-state index contributed by atoms with van der Waals surface area (Å²) in [5, 5.41) is 2.97. The number of amides is 1. The van der Waals surface area contributed by atoms with E-state index in [4.69, 9.17) is 9.72 Å². The molecular weight excluding hydrogens is 374 g/mol. The number of methoxy groups -OCH3 is 1. The lowest BCUT2D eigenvalue weighted by Crippen LogP contribution is -2.23. The Balaban J connectivity index is 1.62. The molecule has 0 atom stereocenters. The Labute approximate surface area is 176 Å². The Kier molecular flexibility index (Phi) is 5.27. The van der Waals surface area contributed by atoms with Crippen LogP contribution in [0.15, 0.2) is 60.7 Å². The number of nitrogens with one attached hydrogen (secondary N) is 1. The highest BCUT2D eigenvalue weighted by molar-refractivity contribution is 5.97. The van der Waals surface area contributed by atoms with Gasteiger partial charge in [-0.2, -0.15) is 0 Å². The lowest BCUT2D eigenvalue weighted by molar-refractivity contribution is 0.0951. The molecule has 1 aromatic heterocycles. The van der Waals surface area contributed by atoms with Crippen molar-refractivity contribution in [1.29, 1.82) is 0 Å². The first-order valence-electron chi connectivity index (χ1n) is 9.94. The van der Waals surface area contributed by atoms with E-state index in [1.165, 1.54) is 11.1 Å². The monoisotopic (exact) mass is 399 g/mol. The van der Waals surface area contributed by atoms with Crippen molar-refractivity contribution >= 4 is 16.9 Å². The van der Waals surface area contributed by atoms with Crippen LogP contribution >= 0.6 is 0 Å². The van der Waals surface area contributed by atoms with Crippen LogP contribution in [0.1, 0.15) is 32.9 Å². The van der Waals surface area contributed by atoms with Gasteiger partial charge in [-0.15, -0.1) is 0 Å². The molecule has 0 saturated heterocycles. The minimum Gasteiger partial charge on any atom is -0.496 e. The number of carbonyl (C=O) groups is 1. The Morgan fingerprint density at radius 3 is 2.47 bits per heavy atom. The summed E-state index contributed by atoms with van der Waals surface area (Å²) in [5.41, 5.74) is 6.81. The predicted octanol–water partition coefficient (Wildman–Crippen LogP) is 4.89. The Hall–Kier alpha value is -3.60. The number of benzene rings is 3. The molecule has 1 N–H and O–H groups in total. The maximum atomic E-state index is 12.7. The van der Waals surface area contributed by atoms with Gasteiger partial charge in [0.1, 0.15) is 11.6 Å². The molecule has 1 heterocycles.